The van der Waals surface area contributed by atoms with E-state index in [0.717, 1.165) is 29.3 Å². The summed E-state index contributed by atoms with van der Waals surface area (Å²) in [6.45, 7) is 2.29. The number of ether oxygens (including phenoxy) is 1. The molecule has 1 aliphatic rings. The summed E-state index contributed by atoms with van der Waals surface area (Å²) in [5, 5.41) is 0. The summed E-state index contributed by atoms with van der Waals surface area (Å²) in [5.74, 6) is 1.88. The van der Waals surface area contributed by atoms with Gasteiger partial charge in [-0.25, -0.2) is 9.97 Å². The first-order valence-electron chi connectivity index (χ1n) is 5.76. The third-order valence-electron chi connectivity index (χ3n) is 2.90. The molecule has 0 unspecified atom stereocenters. The van der Waals surface area contributed by atoms with Crippen molar-refractivity contribution < 1.29 is 4.74 Å². The van der Waals surface area contributed by atoms with Crippen LogP contribution in [0.25, 0.3) is 0 Å². The van der Waals surface area contributed by atoms with E-state index in [2.05, 4.69) is 36.9 Å². The number of rotatable bonds is 1. The Bertz CT molecular complexity index is 561. The van der Waals surface area contributed by atoms with E-state index in [1.807, 2.05) is 24.3 Å². The maximum absolute atomic E-state index is 5.73. The van der Waals surface area contributed by atoms with Gasteiger partial charge in [-0.2, -0.15) is 0 Å². The summed E-state index contributed by atoms with van der Waals surface area (Å²) < 4.78 is 6.53. The first-order chi connectivity index (χ1) is 8.83. The van der Waals surface area contributed by atoms with Crippen molar-refractivity contribution in [3.8, 4) is 5.75 Å². The van der Waals surface area contributed by atoms with Gasteiger partial charge in [-0.3, -0.25) is 0 Å². The predicted octanol–water partition coefficient (Wildman–Crippen LogP) is 2.64. The first kappa shape index (κ1) is 11.5. The summed E-state index contributed by atoms with van der Waals surface area (Å²) in [6, 6.07) is 10.0. The molecule has 0 saturated heterocycles. The van der Waals surface area contributed by atoms with E-state index in [0.29, 0.717) is 6.61 Å². The smallest absolute Gasteiger partial charge is 0.133 e. The van der Waals surface area contributed by atoms with Crippen molar-refractivity contribution in [3.05, 3.63) is 46.8 Å². The Labute approximate surface area is 114 Å². The Hall–Kier alpha value is -1.62. The molecule has 0 atom stereocenters. The van der Waals surface area contributed by atoms with Crippen molar-refractivity contribution in [1.29, 1.82) is 0 Å². The number of halogens is 1. The molecule has 1 aliphatic heterocycles. The summed E-state index contributed by atoms with van der Waals surface area (Å²) in [5.41, 5.74) is 1.18. The number of nitrogens with zero attached hydrogens (tertiary/aromatic N) is 3. The maximum Gasteiger partial charge on any atom is 0.133 e. The van der Waals surface area contributed by atoms with Crippen molar-refractivity contribution in [1.82, 2.24) is 9.97 Å². The largest absolute Gasteiger partial charge is 0.491 e. The van der Waals surface area contributed by atoms with E-state index in [4.69, 9.17) is 4.74 Å². The first-order valence-corrected chi connectivity index (χ1v) is 6.55. The van der Waals surface area contributed by atoms with Crippen LogP contribution in [0.2, 0.25) is 0 Å². The predicted molar refractivity (Wildman–Crippen MR) is 72.7 cm³/mol. The van der Waals surface area contributed by atoms with Crippen LogP contribution >= 0.6 is 15.9 Å². The second-order valence-electron chi connectivity index (χ2n) is 4.08. The zero-order valence-electron chi connectivity index (χ0n) is 9.71. The molecule has 5 heteroatoms. The highest BCUT2D eigenvalue weighted by molar-refractivity contribution is 9.10. The van der Waals surface area contributed by atoms with Gasteiger partial charge in [0.2, 0.25) is 0 Å². The van der Waals surface area contributed by atoms with E-state index >= 15 is 0 Å². The number of hydrogen-bond acceptors (Lipinski definition) is 4. The minimum absolute atomic E-state index is 0.665. The SMILES string of the molecule is Brc1cc(N2CCOc3ccccc3C2)ncn1. The lowest BCUT2D eigenvalue weighted by molar-refractivity contribution is 0.331. The molecule has 92 valence electrons. The van der Waals surface area contributed by atoms with E-state index in [1.165, 1.54) is 5.56 Å². The molecule has 0 bridgehead atoms. The third-order valence-corrected chi connectivity index (χ3v) is 3.33. The molecule has 0 aliphatic carbocycles. The Morgan fingerprint density at radius 1 is 1.22 bits per heavy atom. The Morgan fingerprint density at radius 3 is 3.00 bits per heavy atom. The number of fused-ring (bicyclic) bond motifs is 1. The van der Waals surface area contributed by atoms with Gasteiger partial charge < -0.3 is 9.64 Å². The molecule has 2 aromatic rings. The topological polar surface area (TPSA) is 38.2 Å². The molecule has 0 spiro atoms. The van der Waals surface area contributed by atoms with Crippen LogP contribution in [0.5, 0.6) is 5.75 Å². The standard InChI is InChI=1S/C13H12BrN3O/c14-12-7-13(16-9-15-12)17-5-6-18-11-4-2-1-3-10(11)8-17/h1-4,7,9H,5-6,8H2. The van der Waals surface area contributed by atoms with Gasteiger partial charge >= 0.3 is 0 Å². The fourth-order valence-electron chi connectivity index (χ4n) is 2.02. The van der Waals surface area contributed by atoms with E-state index in [9.17, 15) is 0 Å². The molecular weight excluding hydrogens is 294 g/mol. The maximum atomic E-state index is 5.73. The van der Waals surface area contributed by atoms with Gasteiger partial charge in [0, 0.05) is 18.2 Å². The molecule has 0 saturated carbocycles. The van der Waals surface area contributed by atoms with Crippen LogP contribution in [0.4, 0.5) is 5.82 Å². The molecule has 0 fully saturated rings. The zero-order valence-corrected chi connectivity index (χ0v) is 11.3. The second kappa shape index (κ2) is 4.94. The summed E-state index contributed by atoms with van der Waals surface area (Å²) in [4.78, 5) is 10.5. The fraction of sp³-hybridized carbons (Fsp3) is 0.231. The number of anilines is 1. The number of para-hydroxylation sites is 1. The van der Waals surface area contributed by atoms with Crippen LogP contribution in [0, 0.1) is 0 Å². The minimum atomic E-state index is 0.665. The van der Waals surface area contributed by atoms with E-state index < -0.39 is 0 Å². The van der Waals surface area contributed by atoms with Crippen LogP contribution in [-0.2, 0) is 6.54 Å². The monoisotopic (exact) mass is 305 g/mol. The third kappa shape index (κ3) is 2.31. The van der Waals surface area contributed by atoms with Crippen LogP contribution in [-0.4, -0.2) is 23.1 Å². The lowest BCUT2D eigenvalue weighted by Crippen LogP contribution is -2.26. The van der Waals surface area contributed by atoms with Crippen LogP contribution < -0.4 is 9.64 Å². The van der Waals surface area contributed by atoms with Crippen molar-refractivity contribution in [2.24, 2.45) is 0 Å². The average molecular weight is 306 g/mol. The van der Waals surface area contributed by atoms with E-state index in [1.54, 1.807) is 6.33 Å². The molecule has 0 N–H and O–H groups in total. The number of benzene rings is 1. The molecule has 0 radical (unpaired) electrons. The number of aromatic nitrogens is 2. The van der Waals surface area contributed by atoms with Gasteiger partial charge in [-0.15, -0.1) is 0 Å². The quantitative estimate of drug-likeness (QED) is 0.759. The molecule has 2 heterocycles. The highest BCUT2D eigenvalue weighted by atomic mass is 79.9. The van der Waals surface area contributed by atoms with Crippen LogP contribution in [0.15, 0.2) is 41.3 Å². The van der Waals surface area contributed by atoms with Gasteiger partial charge in [0.15, 0.2) is 0 Å². The molecule has 1 aromatic carbocycles. The van der Waals surface area contributed by atoms with Crippen molar-refractivity contribution in [2.75, 3.05) is 18.1 Å². The van der Waals surface area contributed by atoms with Crippen molar-refractivity contribution in [2.45, 2.75) is 6.54 Å². The highest BCUT2D eigenvalue weighted by Gasteiger charge is 2.16. The van der Waals surface area contributed by atoms with Gasteiger partial charge in [-0.05, 0) is 22.0 Å². The Kier molecular flexibility index (Phi) is 3.15. The van der Waals surface area contributed by atoms with Crippen LogP contribution in [0.3, 0.4) is 0 Å². The summed E-state index contributed by atoms with van der Waals surface area (Å²) in [7, 11) is 0. The van der Waals surface area contributed by atoms with Crippen molar-refractivity contribution in [3.63, 3.8) is 0 Å². The Balaban J connectivity index is 1.91. The zero-order chi connectivity index (χ0) is 12.4. The molecule has 18 heavy (non-hydrogen) atoms. The average Bonchev–Trinajstić information content (AvgIpc) is 2.60. The van der Waals surface area contributed by atoms with Gasteiger partial charge in [0.05, 0.1) is 6.54 Å². The highest BCUT2D eigenvalue weighted by Crippen LogP contribution is 2.25. The summed E-state index contributed by atoms with van der Waals surface area (Å²) >= 11 is 3.37. The Morgan fingerprint density at radius 2 is 2.11 bits per heavy atom. The lowest BCUT2D eigenvalue weighted by atomic mass is 10.2. The summed E-state index contributed by atoms with van der Waals surface area (Å²) in [6.07, 6.45) is 1.57. The van der Waals surface area contributed by atoms with E-state index in [-0.39, 0.29) is 0 Å². The van der Waals surface area contributed by atoms with Crippen molar-refractivity contribution >= 4 is 21.7 Å². The normalized spacial score (nSPS) is 14.6. The van der Waals surface area contributed by atoms with Gasteiger partial charge in [0.25, 0.3) is 0 Å². The molecule has 1 aromatic heterocycles. The van der Waals surface area contributed by atoms with Gasteiger partial charge in [0.1, 0.15) is 29.1 Å². The minimum Gasteiger partial charge on any atom is -0.491 e. The second-order valence-corrected chi connectivity index (χ2v) is 4.89. The fourth-order valence-corrected chi connectivity index (χ4v) is 2.31. The molecule has 3 rings (SSSR count). The lowest BCUT2D eigenvalue weighted by Gasteiger charge is -2.20. The number of hydrogen-bond donors (Lipinski definition) is 0. The molecule has 0 amide bonds. The molecule has 4 nitrogen and oxygen atoms in total. The van der Waals surface area contributed by atoms with Crippen LogP contribution in [0.1, 0.15) is 5.56 Å². The molecular formula is C13H12BrN3O. The van der Waals surface area contributed by atoms with Gasteiger partial charge in [-0.1, -0.05) is 18.2 Å².